The summed E-state index contributed by atoms with van der Waals surface area (Å²) >= 11 is 0. The van der Waals surface area contributed by atoms with Crippen molar-refractivity contribution in [3.8, 4) is 5.75 Å². The van der Waals surface area contributed by atoms with Crippen LogP contribution in [0.25, 0.3) is 10.9 Å². The molecule has 0 atom stereocenters. The molecule has 0 spiro atoms. The van der Waals surface area contributed by atoms with E-state index in [1.54, 1.807) is 12.1 Å². The maximum atomic E-state index is 12.5. The number of para-hydroxylation sites is 1. The Morgan fingerprint density at radius 1 is 1.38 bits per heavy atom. The first-order valence-corrected chi connectivity index (χ1v) is 6.32. The molecule has 0 saturated carbocycles. The second-order valence-corrected chi connectivity index (χ2v) is 4.79. The average Bonchev–Trinajstić information content (AvgIpc) is 3.15. The van der Waals surface area contributed by atoms with Gasteiger partial charge < -0.3 is 9.67 Å². The maximum Gasteiger partial charge on any atom is 0.261 e. The van der Waals surface area contributed by atoms with Crippen LogP contribution in [0.15, 0.2) is 23.0 Å². The van der Waals surface area contributed by atoms with Crippen molar-refractivity contribution in [3.63, 3.8) is 0 Å². The van der Waals surface area contributed by atoms with Gasteiger partial charge in [-0.15, -0.1) is 10.2 Å². The molecule has 104 valence electrons. The molecule has 3 heterocycles. The number of nitrogens with one attached hydrogen (secondary N) is 1. The second-order valence-electron chi connectivity index (χ2n) is 4.79. The number of aromatic amines is 1. The van der Waals surface area contributed by atoms with E-state index in [0.29, 0.717) is 23.9 Å². The quantitative estimate of drug-likeness (QED) is 0.626. The summed E-state index contributed by atoms with van der Waals surface area (Å²) in [7, 11) is 0. The van der Waals surface area contributed by atoms with Crippen LogP contribution in [0.5, 0.6) is 5.75 Å². The van der Waals surface area contributed by atoms with Crippen molar-refractivity contribution in [1.29, 1.82) is 0 Å². The fourth-order valence-electron chi connectivity index (χ4n) is 2.78. The van der Waals surface area contributed by atoms with Gasteiger partial charge in [-0.05, 0) is 22.6 Å². The van der Waals surface area contributed by atoms with Crippen LogP contribution in [-0.2, 0) is 13.0 Å². The summed E-state index contributed by atoms with van der Waals surface area (Å²) in [5.74, 6) is -1.67. The zero-order valence-corrected chi connectivity index (χ0v) is 10.7. The van der Waals surface area contributed by atoms with Crippen molar-refractivity contribution in [2.24, 2.45) is 0 Å². The van der Waals surface area contributed by atoms with Gasteiger partial charge in [-0.3, -0.25) is 9.59 Å². The Morgan fingerprint density at radius 3 is 3.00 bits per heavy atom. The molecule has 0 fully saturated rings. The summed E-state index contributed by atoms with van der Waals surface area (Å²) in [5, 5.41) is 25.4. The lowest BCUT2D eigenvalue weighted by Crippen LogP contribution is -2.28. The molecule has 1 aliphatic heterocycles. The Hall–Kier alpha value is -3.03. The monoisotopic (exact) mass is 282 g/mol. The van der Waals surface area contributed by atoms with Crippen LogP contribution in [0.3, 0.4) is 0 Å². The molecule has 4 rings (SSSR count). The van der Waals surface area contributed by atoms with E-state index in [1.165, 1.54) is 4.57 Å². The first-order valence-electron chi connectivity index (χ1n) is 6.32. The molecule has 1 N–H and O–H groups in total. The van der Waals surface area contributed by atoms with Crippen molar-refractivity contribution in [3.05, 3.63) is 45.5 Å². The summed E-state index contributed by atoms with van der Waals surface area (Å²) in [6.45, 7) is 0.460. The Morgan fingerprint density at radius 2 is 2.24 bits per heavy atom. The minimum Gasteiger partial charge on any atom is -0.871 e. The summed E-state index contributed by atoms with van der Waals surface area (Å²) in [6, 6.07) is 5.25. The molecule has 21 heavy (non-hydrogen) atoms. The SMILES string of the molecule is O=C(c1nn[nH]n1)c1c([O-])c2cccc3c2n(c1=O)CC3. The summed E-state index contributed by atoms with van der Waals surface area (Å²) in [5.41, 5.74) is 0.549. The van der Waals surface area contributed by atoms with Crippen molar-refractivity contribution >= 4 is 16.7 Å². The minimum atomic E-state index is -0.804. The predicted molar refractivity (Wildman–Crippen MR) is 69.0 cm³/mol. The molecule has 0 amide bonds. The molecule has 2 aromatic heterocycles. The number of rotatable bonds is 2. The molecule has 8 nitrogen and oxygen atoms in total. The molecule has 0 saturated heterocycles. The molecular formula is C13H8N5O3-. The van der Waals surface area contributed by atoms with E-state index in [9.17, 15) is 14.7 Å². The number of carbonyl (C=O) groups excluding carboxylic acids is 1. The lowest BCUT2D eigenvalue weighted by molar-refractivity contribution is -0.266. The lowest BCUT2D eigenvalue weighted by Gasteiger charge is -2.16. The average molecular weight is 282 g/mol. The fourth-order valence-corrected chi connectivity index (χ4v) is 2.78. The maximum absolute atomic E-state index is 12.5. The molecule has 0 aliphatic carbocycles. The van der Waals surface area contributed by atoms with Crippen LogP contribution in [0.1, 0.15) is 21.7 Å². The van der Waals surface area contributed by atoms with Gasteiger partial charge in [0.2, 0.25) is 11.6 Å². The molecule has 1 aromatic carbocycles. The van der Waals surface area contributed by atoms with Gasteiger partial charge in [0.1, 0.15) is 0 Å². The fraction of sp³-hybridized carbons (Fsp3) is 0.154. The highest BCUT2D eigenvalue weighted by atomic mass is 16.3. The number of tetrazole rings is 1. The molecule has 8 heteroatoms. The van der Waals surface area contributed by atoms with Gasteiger partial charge in [-0.1, -0.05) is 23.9 Å². The molecular weight excluding hydrogens is 274 g/mol. The number of pyridine rings is 1. The van der Waals surface area contributed by atoms with Crippen LogP contribution in [-0.4, -0.2) is 31.0 Å². The van der Waals surface area contributed by atoms with Gasteiger partial charge in [0, 0.05) is 6.54 Å². The highest BCUT2D eigenvalue weighted by Crippen LogP contribution is 2.30. The second kappa shape index (κ2) is 3.98. The smallest absolute Gasteiger partial charge is 0.261 e. The highest BCUT2D eigenvalue weighted by molar-refractivity contribution is 6.10. The molecule has 1 aliphatic rings. The summed E-state index contributed by atoms with van der Waals surface area (Å²) in [6.07, 6.45) is 0.672. The number of aryl methyl sites for hydroxylation is 2. The van der Waals surface area contributed by atoms with E-state index < -0.39 is 22.7 Å². The molecule has 3 aromatic rings. The number of hydrogen-bond donors (Lipinski definition) is 1. The van der Waals surface area contributed by atoms with Crippen molar-refractivity contribution in [1.82, 2.24) is 25.2 Å². The van der Waals surface area contributed by atoms with Crippen LogP contribution in [0.2, 0.25) is 0 Å². The minimum absolute atomic E-state index is 0.287. The predicted octanol–water partition coefficient (Wildman–Crippen LogP) is -0.625. The standard InChI is InChI=1S/C13H9N5O3/c19-10-7-3-1-2-6-4-5-18(9(6)7)13(21)8(10)11(20)12-14-16-17-15-12/h1-3,19H,4-5H2,(H,14,15,16,17)/p-1. The van der Waals surface area contributed by atoms with E-state index in [0.717, 1.165) is 5.56 Å². The number of hydrogen-bond acceptors (Lipinski definition) is 6. The van der Waals surface area contributed by atoms with Gasteiger partial charge in [0.25, 0.3) is 5.56 Å². The van der Waals surface area contributed by atoms with E-state index in [-0.39, 0.29) is 5.82 Å². The van der Waals surface area contributed by atoms with Crippen LogP contribution in [0.4, 0.5) is 0 Å². The number of aromatic nitrogens is 5. The first-order chi connectivity index (χ1) is 10.2. The van der Waals surface area contributed by atoms with Gasteiger partial charge in [-0.2, -0.15) is 5.21 Å². The summed E-state index contributed by atoms with van der Waals surface area (Å²) in [4.78, 5) is 24.7. The van der Waals surface area contributed by atoms with E-state index >= 15 is 0 Å². The van der Waals surface area contributed by atoms with E-state index in [1.807, 2.05) is 6.07 Å². The molecule has 0 radical (unpaired) electrons. The normalized spacial score (nSPS) is 13.0. The molecule has 0 bridgehead atoms. The Bertz CT molecular complexity index is 943. The largest absolute Gasteiger partial charge is 0.871 e. The van der Waals surface area contributed by atoms with Crippen molar-refractivity contribution in [2.45, 2.75) is 13.0 Å². The third-order valence-corrected chi connectivity index (χ3v) is 3.70. The van der Waals surface area contributed by atoms with Gasteiger partial charge in [-0.25, -0.2) is 0 Å². The van der Waals surface area contributed by atoms with Crippen LogP contribution in [0, 0.1) is 0 Å². The first kappa shape index (κ1) is 11.8. The summed E-state index contributed by atoms with van der Waals surface area (Å²) < 4.78 is 1.47. The third kappa shape index (κ3) is 1.46. The zero-order valence-electron chi connectivity index (χ0n) is 10.7. The third-order valence-electron chi connectivity index (χ3n) is 3.70. The van der Waals surface area contributed by atoms with Crippen molar-refractivity contribution in [2.75, 3.05) is 0 Å². The van der Waals surface area contributed by atoms with Crippen LogP contribution >= 0.6 is 0 Å². The zero-order chi connectivity index (χ0) is 14.6. The van der Waals surface area contributed by atoms with Gasteiger partial charge in [0.15, 0.2) is 0 Å². The van der Waals surface area contributed by atoms with E-state index in [2.05, 4.69) is 20.6 Å². The van der Waals surface area contributed by atoms with Crippen LogP contribution < -0.4 is 10.7 Å². The number of nitrogens with zero attached hydrogens (tertiary/aromatic N) is 4. The van der Waals surface area contributed by atoms with Crippen molar-refractivity contribution < 1.29 is 9.90 Å². The number of benzene rings is 1. The Balaban J connectivity index is 2.09. The van der Waals surface area contributed by atoms with E-state index in [4.69, 9.17) is 0 Å². The Labute approximate surface area is 117 Å². The Kier molecular flexibility index (Phi) is 2.23. The highest BCUT2D eigenvalue weighted by Gasteiger charge is 2.24. The lowest BCUT2D eigenvalue weighted by atomic mass is 10.0. The number of H-pyrrole nitrogens is 1. The number of ketones is 1. The molecule has 0 unspecified atom stereocenters. The number of carbonyl (C=O) groups is 1. The topological polar surface area (TPSA) is 117 Å². The van der Waals surface area contributed by atoms with Gasteiger partial charge in [0.05, 0.1) is 11.1 Å². The van der Waals surface area contributed by atoms with Gasteiger partial charge >= 0.3 is 0 Å².